The predicted octanol–water partition coefficient (Wildman–Crippen LogP) is -0.916. The van der Waals surface area contributed by atoms with Crippen LogP contribution in [0.1, 0.15) is 13.3 Å². The zero-order valence-corrected chi connectivity index (χ0v) is 16.9. The van der Waals surface area contributed by atoms with Gasteiger partial charge in [-0.15, -0.1) is 0 Å². The molecule has 0 spiro atoms. The molecule has 0 aromatic carbocycles. The Morgan fingerprint density at radius 1 is 1.36 bits per heavy atom. The Labute approximate surface area is 163 Å². The molecular formula is C11H18ClN5O9P2. The fraction of sp³-hybridized carbons (Fsp3) is 0.727. The maximum absolute atomic E-state index is 11.2. The number of hydrogen-bond donors (Lipinski definition) is 5. The molecule has 0 aromatic heterocycles. The van der Waals surface area contributed by atoms with Crippen molar-refractivity contribution in [3.63, 3.8) is 0 Å². The van der Waals surface area contributed by atoms with Gasteiger partial charge in [-0.1, -0.05) is 0 Å². The maximum atomic E-state index is 11.2. The van der Waals surface area contributed by atoms with Crippen LogP contribution in [-0.4, -0.2) is 78.7 Å². The molecule has 3 aliphatic heterocycles. The summed E-state index contributed by atoms with van der Waals surface area (Å²) in [6.45, 7) is 0.981. The Balaban J connectivity index is 1.79. The predicted molar refractivity (Wildman–Crippen MR) is 95.6 cm³/mol. The van der Waals surface area contributed by atoms with E-state index in [2.05, 4.69) is 19.5 Å². The van der Waals surface area contributed by atoms with Crippen LogP contribution in [0.2, 0.25) is 0 Å². The standard InChI is InChI=1S/C11H18ClN5O9P2/c1-11(13)8-9(15-10(12)16-11)17(4-14-8)7-2-5(26-28(21,22)23)6(25-7)3-24-27(18,19)20/h5-7H,2-4,13H2,1H3,(H2,18,19,20)(H2,21,22,23)/t5-,6+,7+,11?/m0/s1. The number of nitrogens with two attached hydrogens (primary N) is 1. The molecule has 1 unspecified atom stereocenters. The van der Waals surface area contributed by atoms with Crippen LogP contribution in [0.5, 0.6) is 0 Å². The Hall–Kier alpha value is -0.760. The van der Waals surface area contributed by atoms with Crippen molar-refractivity contribution in [2.75, 3.05) is 13.3 Å². The van der Waals surface area contributed by atoms with Crippen LogP contribution in [0.25, 0.3) is 0 Å². The lowest BCUT2D eigenvalue weighted by Gasteiger charge is -2.30. The molecule has 17 heteroatoms. The Kier molecular flexibility index (Phi) is 5.87. The van der Waals surface area contributed by atoms with E-state index in [1.54, 1.807) is 6.92 Å². The van der Waals surface area contributed by atoms with Gasteiger partial charge in [0.1, 0.15) is 30.8 Å². The van der Waals surface area contributed by atoms with Gasteiger partial charge in [0.15, 0.2) is 11.5 Å². The summed E-state index contributed by atoms with van der Waals surface area (Å²) in [5.41, 5.74) is 5.20. The van der Waals surface area contributed by atoms with Crippen LogP contribution in [0.4, 0.5) is 0 Å². The van der Waals surface area contributed by atoms with Gasteiger partial charge in [0.25, 0.3) is 0 Å². The van der Waals surface area contributed by atoms with E-state index in [0.29, 0.717) is 5.71 Å². The van der Waals surface area contributed by atoms with Gasteiger partial charge in [-0.2, -0.15) is 4.99 Å². The van der Waals surface area contributed by atoms with Crippen LogP contribution in [0, 0.1) is 0 Å². The molecule has 3 rings (SSSR count). The number of phosphoric ester groups is 2. The minimum atomic E-state index is -4.90. The number of amidine groups is 2. The summed E-state index contributed by atoms with van der Waals surface area (Å²) < 4.78 is 36.9. The van der Waals surface area contributed by atoms with Gasteiger partial charge in [-0.25, -0.2) is 14.1 Å². The highest BCUT2D eigenvalue weighted by atomic mass is 35.5. The van der Waals surface area contributed by atoms with Crippen molar-refractivity contribution >= 4 is 44.1 Å². The monoisotopic (exact) mass is 461 g/mol. The topological polar surface area (TPSA) is 209 Å². The minimum absolute atomic E-state index is 0.0556. The summed E-state index contributed by atoms with van der Waals surface area (Å²) in [5, 5.41) is -0.103. The third kappa shape index (κ3) is 5.04. The molecule has 0 saturated carbocycles. The third-order valence-electron chi connectivity index (χ3n) is 4.07. The van der Waals surface area contributed by atoms with Crippen molar-refractivity contribution in [3.8, 4) is 0 Å². The molecule has 6 N–H and O–H groups in total. The lowest BCUT2D eigenvalue weighted by atomic mass is 10.1. The molecule has 0 radical (unpaired) electrons. The summed E-state index contributed by atoms with van der Waals surface area (Å²) in [5.74, 6) is 0.279. The quantitative estimate of drug-likeness (QED) is 0.241. The molecule has 158 valence electrons. The van der Waals surface area contributed by atoms with E-state index < -0.39 is 46.4 Å². The number of hydrogen-bond acceptors (Lipinski definition) is 10. The zero-order valence-electron chi connectivity index (χ0n) is 14.3. The highest BCUT2D eigenvalue weighted by Gasteiger charge is 2.48. The van der Waals surface area contributed by atoms with Crippen molar-refractivity contribution in [1.82, 2.24) is 4.90 Å². The van der Waals surface area contributed by atoms with E-state index in [4.69, 9.17) is 46.2 Å². The Bertz CT molecular complexity index is 836. The number of ether oxygens (including phenoxy) is 1. The van der Waals surface area contributed by atoms with Crippen LogP contribution < -0.4 is 5.73 Å². The Morgan fingerprint density at radius 2 is 2.04 bits per heavy atom. The van der Waals surface area contributed by atoms with Gasteiger partial charge >= 0.3 is 15.6 Å². The van der Waals surface area contributed by atoms with E-state index in [9.17, 15) is 9.13 Å². The van der Waals surface area contributed by atoms with E-state index >= 15 is 0 Å². The lowest BCUT2D eigenvalue weighted by molar-refractivity contribution is -0.0544. The largest absolute Gasteiger partial charge is 0.469 e. The first kappa shape index (κ1) is 21.9. The van der Waals surface area contributed by atoms with Crippen molar-refractivity contribution < 1.29 is 42.5 Å². The van der Waals surface area contributed by atoms with Crippen molar-refractivity contribution in [2.45, 2.75) is 37.4 Å². The summed E-state index contributed by atoms with van der Waals surface area (Å²) >= 11 is 5.91. The number of fused-ring (bicyclic) bond motifs is 1. The minimum Gasteiger partial charge on any atom is -0.350 e. The number of phosphoric acid groups is 2. The van der Waals surface area contributed by atoms with Gasteiger partial charge < -0.3 is 34.9 Å². The molecular weight excluding hydrogens is 444 g/mol. The zero-order chi connectivity index (χ0) is 20.9. The molecule has 1 fully saturated rings. The number of nitrogens with zero attached hydrogens (tertiary/aromatic N) is 4. The number of rotatable bonds is 6. The maximum Gasteiger partial charge on any atom is 0.469 e. The molecule has 3 aliphatic rings. The van der Waals surface area contributed by atoms with Gasteiger partial charge in [0.05, 0.1) is 6.61 Å². The molecule has 4 atom stereocenters. The second-order valence-corrected chi connectivity index (χ2v) is 9.14. The average Bonchev–Trinajstić information content (AvgIpc) is 3.06. The van der Waals surface area contributed by atoms with Crippen molar-refractivity contribution in [1.29, 1.82) is 0 Å². The number of aliphatic imine (C=N–C) groups is 3. The third-order valence-corrected chi connectivity index (χ3v) is 5.27. The van der Waals surface area contributed by atoms with Gasteiger partial charge in [0.2, 0.25) is 5.29 Å². The lowest BCUT2D eigenvalue weighted by Crippen LogP contribution is -2.52. The highest BCUT2D eigenvalue weighted by molar-refractivity contribution is 7.46. The molecule has 28 heavy (non-hydrogen) atoms. The molecule has 1 saturated heterocycles. The van der Waals surface area contributed by atoms with E-state index in [-0.39, 0.29) is 24.2 Å². The first-order valence-electron chi connectivity index (χ1n) is 7.79. The van der Waals surface area contributed by atoms with Crippen LogP contribution in [0.3, 0.4) is 0 Å². The molecule has 14 nitrogen and oxygen atoms in total. The summed E-state index contributed by atoms with van der Waals surface area (Å²) in [7, 11) is -9.73. The average molecular weight is 462 g/mol. The van der Waals surface area contributed by atoms with Crippen molar-refractivity contribution in [2.24, 2.45) is 20.7 Å². The molecule has 0 aromatic rings. The van der Waals surface area contributed by atoms with Crippen LogP contribution in [-0.2, 0) is 22.9 Å². The summed E-state index contributed by atoms with van der Waals surface area (Å²) in [6, 6.07) is 0. The van der Waals surface area contributed by atoms with Gasteiger partial charge in [-0.3, -0.25) is 14.0 Å². The van der Waals surface area contributed by atoms with E-state index in [1.807, 2.05) is 0 Å². The molecule has 0 bridgehead atoms. The first-order valence-corrected chi connectivity index (χ1v) is 11.2. The highest BCUT2D eigenvalue weighted by Crippen LogP contribution is 2.44. The SMILES string of the molecule is CC1(N)N=C(Cl)N=C2C1=NCN2[C@H]1C[C@H](OP(=O)(O)O)[C@@H](COP(=O)(O)O)O1. The molecule has 3 heterocycles. The number of halogens is 1. The Morgan fingerprint density at radius 3 is 2.64 bits per heavy atom. The first-order chi connectivity index (χ1) is 12.8. The smallest absolute Gasteiger partial charge is 0.350 e. The summed E-state index contributed by atoms with van der Waals surface area (Å²) in [6.07, 6.45) is -3.30. The van der Waals surface area contributed by atoms with Gasteiger partial charge in [0, 0.05) is 6.42 Å². The van der Waals surface area contributed by atoms with Crippen LogP contribution >= 0.6 is 27.2 Å². The molecule has 0 aliphatic carbocycles. The second kappa shape index (κ2) is 7.49. The van der Waals surface area contributed by atoms with E-state index in [0.717, 1.165) is 0 Å². The van der Waals surface area contributed by atoms with Crippen LogP contribution in [0.15, 0.2) is 15.0 Å². The van der Waals surface area contributed by atoms with Gasteiger partial charge in [-0.05, 0) is 18.5 Å². The summed E-state index contributed by atoms with van der Waals surface area (Å²) in [4.78, 5) is 49.8. The van der Waals surface area contributed by atoms with Crippen molar-refractivity contribution in [3.05, 3.63) is 0 Å². The fourth-order valence-corrected chi connectivity index (χ4v) is 4.18. The van der Waals surface area contributed by atoms with E-state index in [1.165, 1.54) is 4.90 Å². The normalized spacial score (nSPS) is 33.5. The second-order valence-electron chi connectivity index (χ2n) is 6.37. The fourth-order valence-electron chi connectivity index (χ4n) is 3.01. The molecule has 0 amide bonds.